The number of nitrogens with zero attached hydrogens (tertiary/aromatic N) is 1. The van der Waals surface area contributed by atoms with Gasteiger partial charge in [-0.3, -0.25) is 4.79 Å². The van der Waals surface area contributed by atoms with Crippen LogP contribution in [0, 0.1) is 18.7 Å². The molecule has 1 unspecified atom stereocenters. The van der Waals surface area contributed by atoms with Crippen molar-refractivity contribution in [1.82, 2.24) is 4.57 Å². The third kappa shape index (κ3) is 3.44. The highest BCUT2D eigenvalue weighted by Crippen LogP contribution is 2.19. The number of aromatic nitrogens is 1. The normalized spacial score (nSPS) is 12.4. The maximum atomic E-state index is 14.0. The van der Waals surface area contributed by atoms with E-state index in [1.165, 1.54) is 18.3 Å². The van der Waals surface area contributed by atoms with E-state index in [0.29, 0.717) is 28.9 Å². The van der Waals surface area contributed by atoms with E-state index >= 15 is 0 Å². The van der Waals surface area contributed by atoms with Crippen LogP contribution < -0.4 is 5.43 Å². The third-order valence-corrected chi connectivity index (χ3v) is 4.06. The standard InChI is InChI=1S/C18H22FNO3/c1-5-11(3)9-20-10-14(18(22)23-6-2)17(21)13-7-12(4)15(19)8-16(13)20/h7-8,10-11H,5-6,9H2,1-4H3. The number of rotatable bonds is 5. The van der Waals surface area contributed by atoms with Crippen molar-refractivity contribution in [3.05, 3.63) is 45.5 Å². The quantitative estimate of drug-likeness (QED) is 0.790. The predicted octanol–water partition coefficient (Wildman–Crippen LogP) is 3.67. The molecule has 124 valence electrons. The van der Waals surface area contributed by atoms with Crippen LogP contribution in [0.15, 0.2) is 23.1 Å². The van der Waals surface area contributed by atoms with E-state index in [0.717, 1.165) is 6.42 Å². The first-order valence-corrected chi connectivity index (χ1v) is 7.89. The Morgan fingerprint density at radius 3 is 2.65 bits per heavy atom. The van der Waals surface area contributed by atoms with Crippen molar-refractivity contribution in [1.29, 1.82) is 0 Å². The Labute approximate surface area is 134 Å². The van der Waals surface area contributed by atoms with Crippen molar-refractivity contribution < 1.29 is 13.9 Å². The summed E-state index contributed by atoms with van der Waals surface area (Å²) in [5.41, 5.74) is 0.466. The molecule has 5 heteroatoms. The number of hydrogen-bond donors (Lipinski definition) is 0. The first kappa shape index (κ1) is 17.2. The molecule has 0 aliphatic heterocycles. The van der Waals surface area contributed by atoms with Gasteiger partial charge < -0.3 is 9.30 Å². The SMILES string of the molecule is CCOC(=O)c1cn(CC(C)CC)c2cc(F)c(C)cc2c1=O. The molecular weight excluding hydrogens is 297 g/mol. The molecule has 0 saturated heterocycles. The molecule has 23 heavy (non-hydrogen) atoms. The molecule has 0 spiro atoms. The molecule has 0 radical (unpaired) electrons. The zero-order valence-corrected chi connectivity index (χ0v) is 14.0. The second-order valence-electron chi connectivity index (χ2n) is 5.88. The monoisotopic (exact) mass is 319 g/mol. The Balaban J connectivity index is 2.75. The number of fused-ring (bicyclic) bond motifs is 1. The summed E-state index contributed by atoms with van der Waals surface area (Å²) in [6.45, 7) is 8.22. The Kier molecular flexibility index (Phi) is 5.19. The molecule has 0 saturated carbocycles. The molecule has 1 atom stereocenters. The van der Waals surface area contributed by atoms with Crippen molar-refractivity contribution in [2.45, 2.75) is 40.7 Å². The first-order valence-electron chi connectivity index (χ1n) is 7.89. The fraction of sp³-hybridized carbons (Fsp3) is 0.444. The summed E-state index contributed by atoms with van der Waals surface area (Å²) in [6.07, 6.45) is 2.43. The number of carbonyl (C=O) groups is 1. The van der Waals surface area contributed by atoms with Crippen LogP contribution in [-0.2, 0) is 11.3 Å². The minimum atomic E-state index is -0.640. The second kappa shape index (κ2) is 6.94. The summed E-state index contributed by atoms with van der Waals surface area (Å²) in [5, 5.41) is 0.345. The topological polar surface area (TPSA) is 48.3 Å². The molecule has 2 aromatic rings. The van der Waals surface area contributed by atoms with Gasteiger partial charge in [0.25, 0.3) is 0 Å². The van der Waals surface area contributed by atoms with Crippen LogP contribution in [-0.4, -0.2) is 17.1 Å². The lowest BCUT2D eigenvalue weighted by Crippen LogP contribution is -2.22. The Morgan fingerprint density at radius 2 is 2.04 bits per heavy atom. The summed E-state index contributed by atoms with van der Waals surface area (Å²) >= 11 is 0. The summed E-state index contributed by atoms with van der Waals surface area (Å²) in [7, 11) is 0. The molecular formula is C18H22FNO3. The average Bonchev–Trinajstić information content (AvgIpc) is 2.52. The van der Waals surface area contributed by atoms with Crippen LogP contribution >= 0.6 is 0 Å². The molecule has 0 fully saturated rings. The summed E-state index contributed by atoms with van der Waals surface area (Å²) in [4.78, 5) is 24.6. The number of aryl methyl sites for hydroxylation is 1. The number of pyridine rings is 1. The highest BCUT2D eigenvalue weighted by Gasteiger charge is 2.18. The highest BCUT2D eigenvalue weighted by atomic mass is 19.1. The number of hydrogen-bond acceptors (Lipinski definition) is 3. The lowest BCUT2D eigenvalue weighted by molar-refractivity contribution is 0.0524. The third-order valence-electron chi connectivity index (χ3n) is 4.06. The number of halogens is 1. The van der Waals surface area contributed by atoms with Crippen molar-refractivity contribution in [2.75, 3.05) is 6.61 Å². The van der Waals surface area contributed by atoms with E-state index in [1.807, 2.05) is 0 Å². The fourth-order valence-corrected chi connectivity index (χ4v) is 2.49. The Hall–Kier alpha value is -2.17. The maximum absolute atomic E-state index is 14.0. The molecule has 0 bridgehead atoms. The van der Waals surface area contributed by atoms with Crippen LogP contribution in [0.1, 0.15) is 43.1 Å². The molecule has 0 amide bonds. The Bertz CT molecular complexity index is 795. The van der Waals surface area contributed by atoms with Crippen molar-refractivity contribution in [2.24, 2.45) is 5.92 Å². The van der Waals surface area contributed by atoms with Crippen LogP contribution in [0.5, 0.6) is 0 Å². The van der Waals surface area contributed by atoms with Gasteiger partial charge in [0.15, 0.2) is 0 Å². The van der Waals surface area contributed by atoms with E-state index in [2.05, 4.69) is 13.8 Å². The zero-order chi connectivity index (χ0) is 17.1. The highest BCUT2D eigenvalue weighted by molar-refractivity contribution is 5.94. The van der Waals surface area contributed by atoms with E-state index in [1.54, 1.807) is 18.4 Å². The molecule has 0 aliphatic rings. The number of esters is 1. The van der Waals surface area contributed by atoms with Gasteiger partial charge in [0.1, 0.15) is 11.4 Å². The maximum Gasteiger partial charge on any atom is 0.343 e. The van der Waals surface area contributed by atoms with Crippen molar-refractivity contribution in [3.63, 3.8) is 0 Å². The van der Waals surface area contributed by atoms with Gasteiger partial charge >= 0.3 is 5.97 Å². The summed E-state index contributed by atoms with van der Waals surface area (Å²) in [6, 6.07) is 2.87. The van der Waals surface area contributed by atoms with Crippen LogP contribution in [0.3, 0.4) is 0 Å². The van der Waals surface area contributed by atoms with Gasteiger partial charge in [0.2, 0.25) is 5.43 Å². The first-order chi connectivity index (χ1) is 10.9. The minimum Gasteiger partial charge on any atom is -0.462 e. The van der Waals surface area contributed by atoms with Crippen LogP contribution in [0.25, 0.3) is 10.9 Å². The minimum absolute atomic E-state index is 0.00587. The fourth-order valence-electron chi connectivity index (χ4n) is 2.49. The number of benzene rings is 1. The van der Waals surface area contributed by atoms with Gasteiger partial charge in [-0.25, -0.2) is 9.18 Å². The van der Waals surface area contributed by atoms with E-state index in [4.69, 9.17) is 4.74 Å². The second-order valence-corrected chi connectivity index (χ2v) is 5.88. The number of ether oxygens (including phenoxy) is 1. The van der Waals surface area contributed by atoms with Gasteiger partial charge in [-0.15, -0.1) is 0 Å². The molecule has 4 nitrogen and oxygen atoms in total. The molecule has 1 aromatic heterocycles. The van der Waals surface area contributed by atoms with Crippen molar-refractivity contribution >= 4 is 16.9 Å². The molecule has 1 heterocycles. The smallest absolute Gasteiger partial charge is 0.343 e. The van der Waals surface area contributed by atoms with Gasteiger partial charge in [-0.2, -0.15) is 0 Å². The average molecular weight is 319 g/mol. The zero-order valence-electron chi connectivity index (χ0n) is 14.0. The largest absolute Gasteiger partial charge is 0.462 e. The number of carbonyl (C=O) groups excluding carboxylic acids is 1. The van der Waals surface area contributed by atoms with Gasteiger partial charge in [0.05, 0.1) is 12.1 Å². The van der Waals surface area contributed by atoms with Crippen molar-refractivity contribution in [3.8, 4) is 0 Å². The van der Waals surface area contributed by atoms with E-state index < -0.39 is 11.4 Å². The summed E-state index contributed by atoms with van der Waals surface area (Å²) < 4.78 is 20.7. The molecule has 1 aromatic carbocycles. The lowest BCUT2D eigenvalue weighted by atomic mass is 10.1. The van der Waals surface area contributed by atoms with E-state index in [9.17, 15) is 14.0 Å². The van der Waals surface area contributed by atoms with Gasteiger partial charge in [-0.05, 0) is 37.5 Å². The van der Waals surface area contributed by atoms with Crippen LogP contribution in [0.2, 0.25) is 0 Å². The Morgan fingerprint density at radius 1 is 1.35 bits per heavy atom. The van der Waals surface area contributed by atoms with Crippen LogP contribution in [0.4, 0.5) is 4.39 Å². The molecule has 0 N–H and O–H groups in total. The summed E-state index contributed by atoms with van der Waals surface area (Å²) in [5.74, 6) is -0.668. The van der Waals surface area contributed by atoms with Gasteiger partial charge in [0, 0.05) is 18.1 Å². The van der Waals surface area contributed by atoms with E-state index in [-0.39, 0.29) is 18.0 Å². The lowest BCUT2D eigenvalue weighted by Gasteiger charge is -2.17. The molecule has 2 rings (SSSR count). The van der Waals surface area contributed by atoms with Gasteiger partial charge in [-0.1, -0.05) is 20.3 Å². The molecule has 0 aliphatic carbocycles. The predicted molar refractivity (Wildman–Crippen MR) is 88.3 cm³/mol.